The van der Waals surface area contributed by atoms with Gasteiger partial charge in [0.1, 0.15) is 0 Å². The standard InChI is InChI=1S/C50H32N4/c1-4-16-33(17-5-1)48-49(34-18-6-2-7-19-34)52-50-38(26-15-27-43(50)51-48)35-20-14-23-37(30-35)54-45-29-13-11-25-40(45)42-31-41-39-24-10-12-28-44(39)53(46(41)32-47(42)54)36-21-8-3-9-22-36/h1-32H. The largest absolute Gasteiger partial charge is 0.309 e. The first-order valence-corrected chi connectivity index (χ1v) is 18.3. The molecule has 8 aromatic carbocycles. The molecule has 0 bridgehead atoms. The van der Waals surface area contributed by atoms with Gasteiger partial charge in [0.2, 0.25) is 0 Å². The van der Waals surface area contributed by atoms with Gasteiger partial charge in [-0.3, -0.25) is 0 Å². The molecule has 11 aromatic rings. The van der Waals surface area contributed by atoms with Crippen LogP contribution < -0.4 is 0 Å². The van der Waals surface area contributed by atoms with Crippen LogP contribution in [0.25, 0.3) is 99.7 Å². The molecule has 0 unspecified atom stereocenters. The lowest BCUT2D eigenvalue weighted by Gasteiger charge is -2.14. The van der Waals surface area contributed by atoms with Crippen molar-refractivity contribution in [1.82, 2.24) is 19.1 Å². The van der Waals surface area contributed by atoms with E-state index in [0.717, 1.165) is 61.6 Å². The molecule has 252 valence electrons. The summed E-state index contributed by atoms with van der Waals surface area (Å²) in [4.78, 5) is 10.7. The zero-order valence-electron chi connectivity index (χ0n) is 29.3. The molecule has 0 atom stereocenters. The summed E-state index contributed by atoms with van der Waals surface area (Å²) in [5.74, 6) is 0. The van der Waals surface area contributed by atoms with E-state index >= 15 is 0 Å². The minimum atomic E-state index is 0.865. The molecule has 0 saturated carbocycles. The lowest BCUT2D eigenvalue weighted by molar-refractivity contribution is 1.16. The van der Waals surface area contributed by atoms with Gasteiger partial charge in [-0.05, 0) is 60.2 Å². The third-order valence-electron chi connectivity index (χ3n) is 10.7. The Labute approximate surface area is 311 Å². The van der Waals surface area contributed by atoms with Crippen LogP contribution >= 0.6 is 0 Å². The first-order chi connectivity index (χ1) is 26.8. The normalized spacial score (nSPS) is 11.7. The summed E-state index contributed by atoms with van der Waals surface area (Å²) in [6.45, 7) is 0. The molecule has 0 aliphatic rings. The predicted molar refractivity (Wildman–Crippen MR) is 225 cm³/mol. The molecule has 0 N–H and O–H groups in total. The molecule has 4 heteroatoms. The zero-order chi connectivity index (χ0) is 35.6. The molecule has 0 radical (unpaired) electrons. The average molecular weight is 689 g/mol. The molecule has 4 nitrogen and oxygen atoms in total. The van der Waals surface area contributed by atoms with Crippen molar-refractivity contribution in [3.05, 3.63) is 194 Å². The van der Waals surface area contributed by atoms with Gasteiger partial charge < -0.3 is 9.13 Å². The van der Waals surface area contributed by atoms with Crippen LogP contribution in [0.1, 0.15) is 0 Å². The van der Waals surface area contributed by atoms with Gasteiger partial charge in [0.05, 0.1) is 44.5 Å². The van der Waals surface area contributed by atoms with Crippen LogP contribution in [0.15, 0.2) is 194 Å². The molecule has 3 heterocycles. The Bertz CT molecular complexity index is 3200. The molecule has 0 spiro atoms. The predicted octanol–water partition coefficient (Wildman–Crippen LogP) is 12.8. The lowest BCUT2D eigenvalue weighted by Crippen LogP contribution is -1.98. The number of aromatic nitrogens is 4. The quantitative estimate of drug-likeness (QED) is 0.180. The maximum Gasteiger partial charge on any atom is 0.0973 e. The molecule has 3 aromatic heterocycles. The molecule has 0 amide bonds. The van der Waals surface area contributed by atoms with Crippen LogP contribution in [0.4, 0.5) is 0 Å². The van der Waals surface area contributed by atoms with E-state index in [1.165, 1.54) is 38.1 Å². The average Bonchev–Trinajstić information content (AvgIpc) is 3.75. The van der Waals surface area contributed by atoms with Crippen LogP contribution in [0.2, 0.25) is 0 Å². The zero-order valence-corrected chi connectivity index (χ0v) is 29.3. The van der Waals surface area contributed by atoms with Crippen LogP contribution in [-0.2, 0) is 0 Å². The molecular weight excluding hydrogens is 657 g/mol. The van der Waals surface area contributed by atoms with E-state index in [1.54, 1.807) is 0 Å². The summed E-state index contributed by atoms with van der Waals surface area (Å²) < 4.78 is 4.81. The van der Waals surface area contributed by atoms with E-state index in [2.05, 4.69) is 191 Å². The van der Waals surface area contributed by atoms with E-state index in [0.29, 0.717) is 0 Å². The van der Waals surface area contributed by atoms with Crippen molar-refractivity contribution in [2.75, 3.05) is 0 Å². The first-order valence-electron chi connectivity index (χ1n) is 18.3. The van der Waals surface area contributed by atoms with E-state index in [9.17, 15) is 0 Å². The third-order valence-corrected chi connectivity index (χ3v) is 10.7. The van der Waals surface area contributed by atoms with Crippen molar-refractivity contribution in [2.45, 2.75) is 0 Å². The van der Waals surface area contributed by atoms with Crippen LogP contribution in [0.5, 0.6) is 0 Å². The Kier molecular flexibility index (Phi) is 6.82. The highest BCUT2D eigenvalue weighted by Crippen LogP contribution is 2.41. The summed E-state index contributed by atoms with van der Waals surface area (Å²) in [6.07, 6.45) is 0. The Morgan fingerprint density at radius 1 is 0.315 bits per heavy atom. The van der Waals surface area contributed by atoms with Gasteiger partial charge in [0.25, 0.3) is 0 Å². The lowest BCUT2D eigenvalue weighted by atomic mass is 10.0. The highest BCUT2D eigenvalue weighted by Gasteiger charge is 2.20. The van der Waals surface area contributed by atoms with Crippen LogP contribution in [0, 0.1) is 0 Å². The second-order valence-electron chi connectivity index (χ2n) is 13.8. The van der Waals surface area contributed by atoms with E-state index in [-0.39, 0.29) is 0 Å². The number of fused-ring (bicyclic) bond motifs is 7. The Hall–Kier alpha value is -7.30. The van der Waals surface area contributed by atoms with Gasteiger partial charge >= 0.3 is 0 Å². The van der Waals surface area contributed by atoms with Gasteiger partial charge in [-0.15, -0.1) is 0 Å². The summed E-state index contributed by atoms with van der Waals surface area (Å²) in [6, 6.07) is 68.9. The third kappa shape index (κ3) is 4.70. The fourth-order valence-electron chi connectivity index (χ4n) is 8.28. The van der Waals surface area contributed by atoms with Gasteiger partial charge in [-0.1, -0.05) is 140 Å². The van der Waals surface area contributed by atoms with Crippen LogP contribution in [-0.4, -0.2) is 19.1 Å². The maximum absolute atomic E-state index is 5.41. The second kappa shape index (κ2) is 12.1. The van der Waals surface area contributed by atoms with E-state index in [4.69, 9.17) is 9.97 Å². The van der Waals surface area contributed by atoms with Gasteiger partial charge in [-0.2, -0.15) is 0 Å². The monoisotopic (exact) mass is 688 g/mol. The molecule has 0 saturated heterocycles. The number of nitrogens with zero attached hydrogens (tertiary/aromatic N) is 4. The molecule has 11 rings (SSSR count). The van der Waals surface area contributed by atoms with Crippen molar-refractivity contribution in [1.29, 1.82) is 0 Å². The summed E-state index contributed by atoms with van der Waals surface area (Å²) in [5, 5.41) is 4.96. The first kappa shape index (κ1) is 30.3. The van der Waals surface area contributed by atoms with Crippen molar-refractivity contribution in [2.24, 2.45) is 0 Å². The SMILES string of the molecule is c1ccc(-c2nc3cccc(-c4cccc(-n5c6ccccc6c6cc7c8ccccc8n(-c8ccccc8)c7cc65)c4)c3nc2-c2ccccc2)cc1. The summed E-state index contributed by atoms with van der Waals surface area (Å²) >= 11 is 0. The Morgan fingerprint density at radius 2 is 0.815 bits per heavy atom. The molecular formula is C50H32N4. The van der Waals surface area contributed by atoms with Crippen molar-refractivity contribution in [3.63, 3.8) is 0 Å². The van der Waals surface area contributed by atoms with Crippen LogP contribution in [0.3, 0.4) is 0 Å². The maximum atomic E-state index is 5.41. The number of rotatable bonds is 5. The minimum Gasteiger partial charge on any atom is -0.309 e. The fraction of sp³-hybridized carbons (Fsp3) is 0. The Balaban J connectivity index is 1.15. The van der Waals surface area contributed by atoms with Crippen molar-refractivity contribution >= 4 is 54.6 Å². The smallest absolute Gasteiger partial charge is 0.0973 e. The molecule has 0 aliphatic heterocycles. The molecule has 54 heavy (non-hydrogen) atoms. The van der Waals surface area contributed by atoms with E-state index < -0.39 is 0 Å². The highest BCUT2D eigenvalue weighted by molar-refractivity contribution is 6.19. The van der Waals surface area contributed by atoms with Crippen molar-refractivity contribution in [3.8, 4) is 45.0 Å². The van der Waals surface area contributed by atoms with Gasteiger partial charge in [-0.25, -0.2) is 9.97 Å². The topological polar surface area (TPSA) is 35.6 Å². The second-order valence-corrected chi connectivity index (χ2v) is 13.8. The number of hydrogen-bond acceptors (Lipinski definition) is 2. The van der Waals surface area contributed by atoms with E-state index in [1.807, 2.05) is 12.1 Å². The Morgan fingerprint density at radius 3 is 1.46 bits per heavy atom. The summed E-state index contributed by atoms with van der Waals surface area (Å²) in [5.41, 5.74) is 14.7. The number of benzene rings is 8. The summed E-state index contributed by atoms with van der Waals surface area (Å²) in [7, 11) is 0. The molecule has 0 aliphatic carbocycles. The number of para-hydroxylation sites is 4. The minimum absolute atomic E-state index is 0.865. The van der Waals surface area contributed by atoms with Crippen molar-refractivity contribution < 1.29 is 0 Å². The highest BCUT2D eigenvalue weighted by atomic mass is 15.0. The van der Waals surface area contributed by atoms with Gasteiger partial charge in [0, 0.05) is 49.6 Å². The molecule has 0 fully saturated rings. The fourth-order valence-corrected chi connectivity index (χ4v) is 8.28. The number of hydrogen-bond donors (Lipinski definition) is 0. The van der Waals surface area contributed by atoms with Gasteiger partial charge in [0.15, 0.2) is 0 Å².